The molecular weight excluding hydrogens is 944 g/mol. The monoisotopic (exact) mass is 1010 g/mol. The quantitative estimate of drug-likeness (QED) is 0.0571. The molecule has 5 aliphatic rings. The first-order valence-corrected chi connectivity index (χ1v) is 22.1. The van der Waals surface area contributed by atoms with Crippen LogP contribution < -0.4 is 10.6 Å². The maximum Gasteiger partial charge on any atom is 0.364 e. The van der Waals surface area contributed by atoms with Crippen LogP contribution in [0.5, 0.6) is 0 Å². The Morgan fingerprint density at radius 1 is 0.623 bits per heavy atom. The molecule has 69 heavy (non-hydrogen) atoms. The molecule has 0 saturated carbocycles. The molecule has 0 aromatic carbocycles. The van der Waals surface area contributed by atoms with Gasteiger partial charge in [0.2, 0.25) is 11.8 Å². The highest BCUT2D eigenvalue weighted by Gasteiger charge is 2.61. The summed E-state index contributed by atoms with van der Waals surface area (Å²) in [7, 11) is 0. The summed E-state index contributed by atoms with van der Waals surface area (Å²) in [5, 5.41) is 166. The standard InChI is InChI=1S/C39H66N2O28/c1-5-60-35-27(56)32(23(52)16(8-43)62-35)67-34-20(41-13(4)47)31(66-36-26(55)25(54)21(50)11(2)61-36)29(18(10-45)64-34)65-37-28(57)33(24(53)17(9-44)63-37)69-39(38(58)59)6-14(48)19(40-12(3)46)30(68-39)22(51)15(49)7-42/h11,14-37,42-45,48-57H,5-10H2,1-4H3,(H,40,46)(H,41,47)(H,58,59)/t11-,14+,15-,16-,17-,18-,19-,20-,21-,22-,23+,24+,25-,26+,27-,28-,29-,30-,31-,32+,33+,34+,35-,36+,37+,39+/m1/s1. The van der Waals surface area contributed by atoms with E-state index in [0.29, 0.717) is 0 Å². The summed E-state index contributed by atoms with van der Waals surface area (Å²) in [6.45, 7) is 0.695. The Labute approximate surface area is 392 Å². The first kappa shape index (κ1) is 57.4. The Bertz CT molecular complexity index is 1670. The fourth-order valence-corrected chi connectivity index (χ4v) is 8.76. The zero-order valence-corrected chi connectivity index (χ0v) is 37.7. The van der Waals surface area contributed by atoms with Crippen LogP contribution in [0.15, 0.2) is 0 Å². The SMILES string of the molecule is CCO[C@@H]1O[C@H](CO)[C@H](O)[C@H](O[C@@H]2O[C@H](CO)[C@@H](O[C@@H]3O[C@H](CO)[C@H](O)[C@H](O[C@]4(C(=O)O)C[C@H](O)[C@@H](NC(C)=O)[C@H]([C@H](O)[C@H](O)CO)O4)[C@H]3O)[C@H](O[C@@H]3O[C@H](C)[C@@H](O)[C@@H](O)[C@@H]3O)[C@H]2NC(C)=O)[C@H]1O. The molecule has 0 bridgehead atoms. The van der Waals surface area contributed by atoms with Gasteiger partial charge in [-0.3, -0.25) is 9.59 Å². The number of hydrogen-bond donors (Lipinski definition) is 17. The second kappa shape index (κ2) is 24.4. The van der Waals surface area contributed by atoms with Crippen molar-refractivity contribution in [2.45, 2.75) is 193 Å². The van der Waals surface area contributed by atoms with Crippen molar-refractivity contribution in [1.82, 2.24) is 10.6 Å². The van der Waals surface area contributed by atoms with Crippen molar-refractivity contribution in [3.05, 3.63) is 0 Å². The Kier molecular flexibility index (Phi) is 20.3. The minimum absolute atomic E-state index is 0.0275. The number of aliphatic carboxylic acids is 1. The van der Waals surface area contributed by atoms with Gasteiger partial charge in [-0.15, -0.1) is 0 Å². The average molecular weight is 1010 g/mol. The molecule has 0 radical (unpaired) electrons. The molecule has 0 spiro atoms. The van der Waals surface area contributed by atoms with E-state index in [4.69, 9.17) is 47.4 Å². The Morgan fingerprint density at radius 2 is 1.13 bits per heavy atom. The van der Waals surface area contributed by atoms with Crippen molar-refractivity contribution < 1.29 is 138 Å². The number of carboxylic acids is 1. The van der Waals surface area contributed by atoms with Gasteiger partial charge >= 0.3 is 5.97 Å². The molecule has 0 unspecified atom stereocenters. The number of carboxylic acid groups (broad SMARTS) is 1. The Balaban J connectivity index is 1.55. The third-order valence-electron chi connectivity index (χ3n) is 12.4. The number of carbonyl (C=O) groups excluding carboxylic acids is 2. The van der Waals surface area contributed by atoms with E-state index in [2.05, 4.69) is 10.6 Å². The van der Waals surface area contributed by atoms with Gasteiger partial charge < -0.3 is 135 Å². The normalized spacial score (nSPS) is 46.1. The molecule has 0 aliphatic carbocycles. The number of aliphatic hydroxyl groups is 14. The molecule has 0 aromatic heterocycles. The molecule has 30 heteroatoms. The molecule has 2 amide bonds. The maximum atomic E-state index is 13.1. The number of carbonyl (C=O) groups is 3. The third kappa shape index (κ3) is 12.5. The smallest absolute Gasteiger partial charge is 0.364 e. The van der Waals surface area contributed by atoms with Gasteiger partial charge in [-0.2, -0.15) is 0 Å². The van der Waals surface area contributed by atoms with Gasteiger partial charge in [-0.25, -0.2) is 4.79 Å². The van der Waals surface area contributed by atoms with Crippen molar-refractivity contribution >= 4 is 17.8 Å². The summed E-state index contributed by atoms with van der Waals surface area (Å²) in [4.78, 5) is 38.1. The lowest BCUT2D eigenvalue weighted by Crippen LogP contribution is -2.72. The van der Waals surface area contributed by atoms with E-state index in [1.807, 2.05) is 0 Å². The zero-order valence-electron chi connectivity index (χ0n) is 37.7. The van der Waals surface area contributed by atoms with Gasteiger partial charge in [0.05, 0.1) is 44.7 Å². The largest absolute Gasteiger partial charge is 0.477 e. The fraction of sp³-hybridized carbons (Fsp3) is 0.923. The minimum Gasteiger partial charge on any atom is -0.477 e. The van der Waals surface area contributed by atoms with Crippen molar-refractivity contribution in [2.75, 3.05) is 33.0 Å². The summed E-state index contributed by atoms with van der Waals surface area (Å²) in [5.41, 5.74) is 0. The van der Waals surface area contributed by atoms with Crippen LogP contribution in [0.25, 0.3) is 0 Å². The Morgan fingerprint density at radius 3 is 1.68 bits per heavy atom. The maximum absolute atomic E-state index is 13.1. The lowest BCUT2D eigenvalue weighted by molar-refractivity contribution is -0.397. The van der Waals surface area contributed by atoms with E-state index >= 15 is 0 Å². The highest BCUT2D eigenvalue weighted by molar-refractivity contribution is 5.76. The van der Waals surface area contributed by atoms with Crippen LogP contribution in [-0.4, -0.2) is 286 Å². The lowest BCUT2D eigenvalue weighted by Gasteiger charge is -2.52. The van der Waals surface area contributed by atoms with Crippen LogP contribution in [0.4, 0.5) is 0 Å². The number of aliphatic hydroxyl groups excluding tert-OH is 14. The van der Waals surface area contributed by atoms with E-state index < -0.39 is 210 Å². The van der Waals surface area contributed by atoms with Gasteiger partial charge in [0.15, 0.2) is 25.2 Å². The highest BCUT2D eigenvalue weighted by Crippen LogP contribution is 2.40. The topological polar surface area (TPSA) is 471 Å². The van der Waals surface area contributed by atoms with Gasteiger partial charge in [0, 0.05) is 26.9 Å². The predicted octanol–water partition coefficient (Wildman–Crippen LogP) is -10.4. The molecule has 5 aliphatic heterocycles. The molecule has 5 saturated heterocycles. The highest BCUT2D eigenvalue weighted by atomic mass is 16.8. The summed E-state index contributed by atoms with van der Waals surface area (Å²) in [6.07, 6.45) is -45.2. The molecule has 30 nitrogen and oxygen atoms in total. The van der Waals surface area contributed by atoms with E-state index in [0.717, 1.165) is 13.8 Å². The van der Waals surface area contributed by atoms with Gasteiger partial charge in [-0.05, 0) is 13.8 Å². The van der Waals surface area contributed by atoms with Crippen molar-refractivity contribution in [3.8, 4) is 0 Å². The van der Waals surface area contributed by atoms with Crippen LogP contribution >= 0.6 is 0 Å². The first-order chi connectivity index (χ1) is 32.5. The minimum atomic E-state index is -3.19. The fourth-order valence-electron chi connectivity index (χ4n) is 8.76. The van der Waals surface area contributed by atoms with Crippen LogP contribution in [0.3, 0.4) is 0 Å². The van der Waals surface area contributed by atoms with Gasteiger partial charge in [0.1, 0.15) is 110 Å². The first-order valence-electron chi connectivity index (χ1n) is 22.1. The van der Waals surface area contributed by atoms with Crippen LogP contribution in [0.1, 0.15) is 34.1 Å². The number of amides is 2. The van der Waals surface area contributed by atoms with Crippen LogP contribution in [0, 0.1) is 0 Å². The molecule has 0 aromatic rings. The number of rotatable bonds is 19. The molecular formula is C39H66N2O28. The van der Waals surface area contributed by atoms with Crippen molar-refractivity contribution in [3.63, 3.8) is 0 Å². The van der Waals surface area contributed by atoms with Crippen LogP contribution in [-0.2, 0) is 61.8 Å². The van der Waals surface area contributed by atoms with Crippen molar-refractivity contribution in [2.24, 2.45) is 0 Å². The predicted molar refractivity (Wildman–Crippen MR) is 215 cm³/mol. The van der Waals surface area contributed by atoms with E-state index in [1.165, 1.54) is 6.92 Å². The van der Waals surface area contributed by atoms with E-state index in [1.54, 1.807) is 6.92 Å². The van der Waals surface area contributed by atoms with Crippen LogP contribution in [0.2, 0.25) is 0 Å². The molecule has 400 valence electrons. The molecule has 5 rings (SSSR count). The molecule has 5 fully saturated rings. The summed E-state index contributed by atoms with van der Waals surface area (Å²) in [5.74, 6) is -6.92. The summed E-state index contributed by atoms with van der Waals surface area (Å²) in [6, 6.07) is -3.43. The Hall–Kier alpha value is -2.55. The molecule has 5 heterocycles. The lowest BCUT2D eigenvalue weighted by atomic mass is 9.88. The zero-order chi connectivity index (χ0) is 51.4. The summed E-state index contributed by atoms with van der Waals surface area (Å²) >= 11 is 0. The number of hydrogen-bond acceptors (Lipinski definition) is 27. The third-order valence-corrected chi connectivity index (χ3v) is 12.4. The van der Waals surface area contributed by atoms with Crippen molar-refractivity contribution in [1.29, 1.82) is 0 Å². The summed E-state index contributed by atoms with van der Waals surface area (Å²) < 4.78 is 58.1. The number of ether oxygens (including phenoxy) is 10. The second-order valence-electron chi connectivity index (χ2n) is 17.3. The van der Waals surface area contributed by atoms with E-state index in [-0.39, 0.29) is 6.61 Å². The van der Waals surface area contributed by atoms with Gasteiger partial charge in [0.25, 0.3) is 5.79 Å². The van der Waals surface area contributed by atoms with E-state index in [9.17, 15) is 91.0 Å². The number of nitrogens with one attached hydrogen (secondary N) is 2. The molecule has 17 N–H and O–H groups in total. The second-order valence-corrected chi connectivity index (χ2v) is 17.3. The molecule has 26 atom stereocenters. The average Bonchev–Trinajstić information content (AvgIpc) is 3.30. The van der Waals surface area contributed by atoms with Gasteiger partial charge in [-0.1, -0.05) is 0 Å².